The monoisotopic (exact) mass is 327 g/mol. The molecule has 3 aromatic rings. The lowest BCUT2D eigenvalue weighted by Gasteiger charge is -2.52. The van der Waals surface area contributed by atoms with Gasteiger partial charge >= 0.3 is 0 Å². The van der Waals surface area contributed by atoms with Crippen molar-refractivity contribution in [3.8, 4) is 0 Å². The van der Waals surface area contributed by atoms with E-state index in [2.05, 4.69) is 18.2 Å². The summed E-state index contributed by atoms with van der Waals surface area (Å²) in [6.07, 6.45) is 0. The Labute approximate surface area is 146 Å². The van der Waals surface area contributed by atoms with E-state index in [1.165, 1.54) is 0 Å². The van der Waals surface area contributed by atoms with Crippen molar-refractivity contribution in [2.45, 2.75) is 12.6 Å². The number of hydrogen-bond donors (Lipinski definition) is 0. The fourth-order valence-electron chi connectivity index (χ4n) is 4.25. The zero-order chi connectivity index (χ0) is 17.2. The molecule has 1 atom stereocenters. The number of likely N-dealkylation sites (N-methyl/N-ethyl adjacent to an activating group) is 1. The van der Waals surface area contributed by atoms with Crippen LogP contribution in [0, 0.1) is 0 Å². The minimum atomic E-state index is -0.851. The molecule has 1 amide bonds. The summed E-state index contributed by atoms with van der Waals surface area (Å²) in [6.45, 7) is 1.96. The number of allylic oxidation sites excluding steroid dienone is 1. The van der Waals surface area contributed by atoms with Crippen LogP contribution < -0.4 is 0 Å². The summed E-state index contributed by atoms with van der Waals surface area (Å²) in [7, 11) is 1.83. The maximum atomic E-state index is 13.1. The summed E-state index contributed by atoms with van der Waals surface area (Å²) in [5, 5.41) is 2.06. The third-order valence-corrected chi connectivity index (χ3v) is 5.33. The Morgan fingerprint density at radius 2 is 1.64 bits per heavy atom. The molecule has 0 bridgehead atoms. The minimum Gasteiger partial charge on any atom is -0.463 e. The van der Waals surface area contributed by atoms with Gasteiger partial charge in [-0.3, -0.25) is 9.69 Å². The Balaban J connectivity index is 1.87. The lowest BCUT2D eigenvalue weighted by Crippen LogP contribution is -2.56. The van der Waals surface area contributed by atoms with Crippen LogP contribution in [0.4, 0.5) is 0 Å². The van der Waals surface area contributed by atoms with Crippen molar-refractivity contribution >= 4 is 22.3 Å². The molecule has 0 saturated carbocycles. The number of nitrogens with zero attached hydrogens (tertiary/aromatic N) is 1. The molecule has 1 unspecified atom stereocenters. The highest BCUT2D eigenvalue weighted by molar-refractivity contribution is 6.12. The number of amides is 1. The Morgan fingerprint density at radius 1 is 0.920 bits per heavy atom. The number of hydrogen-bond acceptors (Lipinski definition) is 2. The SMILES string of the molecule is CC1=C(c2ccccc2)C2(O1)c1cccc3cccc(c13)C(=O)N2C. The average molecular weight is 327 g/mol. The van der Waals surface area contributed by atoms with E-state index in [0.29, 0.717) is 0 Å². The van der Waals surface area contributed by atoms with E-state index in [0.717, 1.165) is 38.8 Å². The standard InChI is InChI=1S/C22H17NO2/c1-14-20(16-8-4-3-5-9-16)22(25-14)18-13-7-11-15-10-6-12-17(19(15)18)21(24)23(22)2/h3-13H,1-2H3. The first-order valence-corrected chi connectivity index (χ1v) is 8.41. The zero-order valence-electron chi connectivity index (χ0n) is 14.1. The number of carbonyl (C=O) groups is 1. The first-order chi connectivity index (χ1) is 12.1. The van der Waals surface area contributed by atoms with Gasteiger partial charge in [-0.25, -0.2) is 0 Å². The molecule has 0 aromatic heterocycles. The first-order valence-electron chi connectivity index (χ1n) is 8.41. The number of ether oxygens (including phenoxy) is 1. The predicted molar refractivity (Wildman–Crippen MR) is 97.8 cm³/mol. The quantitative estimate of drug-likeness (QED) is 0.657. The van der Waals surface area contributed by atoms with Gasteiger partial charge in [0.25, 0.3) is 5.91 Å². The number of benzene rings is 3. The molecule has 1 spiro atoms. The van der Waals surface area contributed by atoms with Crippen molar-refractivity contribution in [2.24, 2.45) is 0 Å². The van der Waals surface area contributed by atoms with Crippen LogP contribution in [0.5, 0.6) is 0 Å². The summed E-state index contributed by atoms with van der Waals surface area (Å²) in [6, 6.07) is 22.2. The molecule has 3 heteroatoms. The van der Waals surface area contributed by atoms with Crippen LogP contribution in [0.15, 0.2) is 72.5 Å². The van der Waals surface area contributed by atoms with Crippen LogP contribution in [-0.2, 0) is 10.5 Å². The molecule has 0 saturated heterocycles. The van der Waals surface area contributed by atoms with Crippen LogP contribution >= 0.6 is 0 Å². The maximum Gasteiger partial charge on any atom is 0.257 e. The number of fused-ring (bicyclic) bond motifs is 1. The molecule has 0 N–H and O–H groups in total. The Hall–Kier alpha value is -3.07. The second kappa shape index (κ2) is 4.73. The molecule has 2 heterocycles. The number of carbonyl (C=O) groups excluding carboxylic acids is 1. The van der Waals surface area contributed by atoms with E-state index >= 15 is 0 Å². The first kappa shape index (κ1) is 14.3. The lowest BCUT2D eigenvalue weighted by molar-refractivity contribution is -0.0902. The van der Waals surface area contributed by atoms with Crippen molar-refractivity contribution in [1.82, 2.24) is 4.90 Å². The predicted octanol–water partition coefficient (Wildman–Crippen LogP) is 4.54. The van der Waals surface area contributed by atoms with Crippen LogP contribution in [-0.4, -0.2) is 17.9 Å². The Kier molecular flexibility index (Phi) is 2.70. The highest BCUT2D eigenvalue weighted by Crippen LogP contribution is 2.56. The van der Waals surface area contributed by atoms with Crippen molar-refractivity contribution < 1.29 is 9.53 Å². The summed E-state index contributed by atoms with van der Waals surface area (Å²) < 4.78 is 6.25. The van der Waals surface area contributed by atoms with Gasteiger partial charge in [-0.1, -0.05) is 60.7 Å². The van der Waals surface area contributed by atoms with Crippen molar-refractivity contribution in [3.05, 3.63) is 89.2 Å². The van der Waals surface area contributed by atoms with E-state index in [9.17, 15) is 4.79 Å². The summed E-state index contributed by atoms with van der Waals surface area (Å²) >= 11 is 0. The van der Waals surface area contributed by atoms with Crippen molar-refractivity contribution in [1.29, 1.82) is 0 Å². The summed E-state index contributed by atoms with van der Waals surface area (Å²) in [4.78, 5) is 14.9. The molecule has 5 rings (SSSR count). The van der Waals surface area contributed by atoms with Gasteiger partial charge < -0.3 is 4.74 Å². The lowest BCUT2D eigenvalue weighted by atomic mass is 9.77. The van der Waals surface area contributed by atoms with Gasteiger partial charge in [0, 0.05) is 23.6 Å². The molecular weight excluding hydrogens is 310 g/mol. The third-order valence-electron chi connectivity index (χ3n) is 5.33. The minimum absolute atomic E-state index is 0.00905. The van der Waals surface area contributed by atoms with Crippen LogP contribution in [0.1, 0.15) is 28.4 Å². The molecule has 0 aliphatic carbocycles. The normalized spacial score (nSPS) is 21.5. The smallest absolute Gasteiger partial charge is 0.257 e. The average Bonchev–Trinajstić information content (AvgIpc) is 2.63. The second-order valence-electron chi connectivity index (χ2n) is 6.62. The van der Waals surface area contributed by atoms with Crippen LogP contribution in [0.2, 0.25) is 0 Å². The fourth-order valence-corrected chi connectivity index (χ4v) is 4.25. The van der Waals surface area contributed by atoms with Crippen molar-refractivity contribution in [2.75, 3.05) is 7.05 Å². The Bertz CT molecular complexity index is 1060. The van der Waals surface area contributed by atoms with Gasteiger partial charge in [-0.2, -0.15) is 0 Å². The molecule has 2 aliphatic rings. The fraction of sp³-hybridized carbons (Fsp3) is 0.136. The topological polar surface area (TPSA) is 29.5 Å². The summed E-state index contributed by atoms with van der Waals surface area (Å²) in [5.41, 5.74) is 3.07. The molecule has 0 fully saturated rings. The van der Waals surface area contributed by atoms with E-state index in [1.807, 2.05) is 62.5 Å². The van der Waals surface area contributed by atoms with Crippen LogP contribution in [0.3, 0.4) is 0 Å². The van der Waals surface area contributed by atoms with Gasteiger partial charge in [-0.05, 0) is 23.9 Å². The zero-order valence-corrected chi connectivity index (χ0v) is 14.1. The summed E-state index contributed by atoms with van der Waals surface area (Å²) in [5.74, 6) is 0.854. The molecule has 2 aliphatic heterocycles. The molecule has 122 valence electrons. The van der Waals surface area contributed by atoms with E-state index in [-0.39, 0.29) is 5.91 Å². The molecular formula is C22H17NO2. The largest absolute Gasteiger partial charge is 0.463 e. The molecule has 3 aromatic carbocycles. The molecule has 0 radical (unpaired) electrons. The third kappa shape index (κ3) is 1.63. The molecule has 3 nitrogen and oxygen atoms in total. The number of rotatable bonds is 1. The van der Waals surface area contributed by atoms with Gasteiger partial charge in [0.05, 0.1) is 5.57 Å². The highest BCUT2D eigenvalue weighted by Gasteiger charge is 2.56. The van der Waals surface area contributed by atoms with Gasteiger partial charge in [-0.15, -0.1) is 0 Å². The van der Waals surface area contributed by atoms with Gasteiger partial charge in [0.15, 0.2) is 0 Å². The maximum absolute atomic E-state index is 13.1. The van der Waals surface area contributed by atoms with E-state index in [1.54, 1.807) is 4.90 Å². The van der Waals surface area contributed by atoms with Crippen LogP contribution in [0.25, 0.3) is 16.3 Å². The Morgan fingerprint density at radius 3 is 2.36 bits per heavy atom. The van der Waals surface area contributed by atoms with E-state index < -0.39 is 5.72 Å². The molecule has 25 heavy (non-hydrogen) atoms. The second-order valence-corrected chi connectivity index (χ2v) is 6.62. The van der Waals surface area contributed by atoms with Gasteiger partial charge in [0.1, 0.15) is 5.76 Å². The van der Waals surface area contributed by atoms with E-state index in [4.69, 9.17) is 4.74 Å². The van der Waals surface area contributed by atoms with Gasteiger partial charge in [0.2, 0.25) is 5.72 Å². The highest BCUT2D eigenvalue weighted by atomic mass is 16.5. The van der Waals surface area contributed by atoms with Crippen molar-refractivity contribution in [3.63, 3.8) is 0 Å².